The van der Waals surface area contributed by atoms with Gasteiger partial charge in [0.1, 0.15) is 12.1 Å². The highest BCUT2D eigenvalue weighted by Crippen LogP contribution is 2.25. The van der Waals surface area contributed by atoms with Crippen LogP contribution in [0.4, 0.5) is 10.1 Å². The second-order valence-electron chi connectivity index (χ2n) is 3.88. The Morgan fingerprint density at radius 3 is 2.95 bits per heavy atom. The molecule has 2 aromatic rings. The summed E-state index contributed by atoms with van der Waals surface area (Å²) in [6.45, 7) is 3.27. The van der Waals surface area contributed by atoms with Crippen LogP contribution in [0.15, 0.2) is 28.9 Å². The van der Waals surface area contributed by atoms with E-state index in [4.69, 9.17) is 4.42 Å². The summed E-state index contributed by atoms with van der Waals surface area (Å²) in [6.07, 6.45) is 1.44. The summed E-state index contributed by atoms with van der Waals surface area (Å²) in [6, 6.07) is 3.23. The van der Waals surface area contributed by atoms with Gasteiger partial charge in [-0.15, -0.1) is 0 Å². The molecule has 0 saturated heterocycles. The molecular formula is C12H12FN3O3. The van der Waals surface area contributed by atoms with Gasteiger partial charge in [0.25, 0.3) is 5.69 Å². The number of oxazole rings is 1. The van der Waals surface area contributed by atoms with Gasteiger partial charge in [-0.25, -0.2) is 9.37 Å². The van der Waals surface area contributed by atoms with E-state index in [2.05, 4.69) is 10.3 Å². The van der Waals surface area contributed by atoms with E-state index in [0.717, 1.165) is 18.7 Å². The Labute approximate surface area is 108 Å². The minimum Gasteiger partial charge on any atom is -0.444 e. The number of non-ortho nitro benzene ring substituents is 1. The van der Waals surface area contributed by atoms with Gasteiger partial charge < -0.3 is 9.73 Å². The molecule has 0 aliphatic heterocycles. The summed E-state index contributed by atoms with van der Waals surface area (Å²) in [5.41, 5.74) is 0.569. The molecule has 0 aliphatic carbocycles. The summed E-state index contributed by atoms with van der Waals surface area (Å²) in [5, 5.41) is 13.7. The van der Waals surface area contributed by atoms with Gasteiger partial charge in [0.15, 0.2) is 0 Å². The van der Waals surface area contributed by atoms with Crippen molar-refractivity contribution < 1.29 is 13.7 Å². The zero-order chi connectivity index (χ0) is 13.8. The number of rotatable bonds is 5. The molecule has 0 unspecified atom stereocenters. The van der Waals surface area contributed by atoms with Gasteiger partial charge >= 0.3 is 0 Å². The molecule has 19 heavy (non-hydrogen) atoms. The lowest BCUT2D eigenvalue weighted by molar-refractivity contribution is -0.385. The van der Waals surface area contributed by atoms with Crippen molar-refractivity contribution in [3.63, 3.8) is 0 Å². The van der Waals surface area contributed by atoms with Crippen molar-refractivity contribution in [3.8, 4) is 11.5 Å². The van der Waals surface area contributed by atoms with E-state index >= 15 is 0 Å². The minimum atomic E-state index is -0.698. The van der Waals surface area contributed by atoms with Crippen LogP contribution in [0, 0.1) is 15.9 Å². The van der Waals surface area contributed by atoms with Crippen LogP contribution in [-0.4, -0.2) is 16.5 Å². The third-order valence-electron chi connectivity index (χ3n) is 2.45. The number of halogens is 1. The lowest BCUT2D eigenvalue weighted by Crippen LogP contribution is -2.11. The molecule has 100 valence electrons. The van der Waals surface area contributed by atoms with E-state index in [0.29, 0.717) is 12.2 Å². The zero-order valence-electron chi connectivity index (χ0n) is 10.2. The third kappa shape index (κ3) is 3.14. The van der Waals surface area contributed by atoms with Crippen LogP contribution >= 0.6 is 0 Å². The van der Waals surface area contributed by atoms with E-state index in [1.807, 2.05) is 6.92 Å². The van der Waals surface area contributed by atoms with Gasteiger partial charge in [-0.05, 0) is 12.6 Å². The van der Waals surface area contributed by atoms with E-state index in [9.17, 15) is 14.5 Å². The predicted molar refractivity (Wildman–Crippen MR) is 65.9 cm³/mol. The molecule has 7 heteroatoms. The molecule has 0 spiro atoms. The highest BCUT2D eigenvalue weighted by Gasteiger charge is 2.14. The first-order chi connectivity index (χ1) is 9.10. The molecule has 2 rings (SSSR count). The number of hydrogen-bond donors (Lipinski definition) is 1. The highest BCUT2D eigenvalue weighted by molar-refractivity contribution is 5.58. The lowest BCUT2D eigenvalue weighted by Gasteiger charge is -1.97. The van der Waals surface area contributed by atoms with E-state index < -0.39 is 10.7 Å². The van der Waals surface area contributed by atoms with Gasteiger partial charge in [0.2, 0.25) is 5.89 Å². The van der Waals surface area contributed by atoms with Crippen molar-refractivity contribution >= 4 is 5.69 Å². The van der Waals surface area contributed by atoms with Gasteiger partial charge in [-0.1, -0.05) is 6.92 Å². The summed E-state index contributed by atoms with van der Waals surface area (Å²) in [7, 11) is 0. The van der Waals surface area contributed by atoms with Crippen LogP contribution in [0.3, 0.4) is 0 Å². The second kappa shape index (κ2) is 5.57. The normalized spacial score (nSPS) is 10.6. The summed E-state index contributed by atoms with van der Waals surface area (Å²) in [5.74, 6) is -0.536. The molecule has 0 bridgehead atoms. The van der Waals surface area contributed by atoms with Gasteiger partial charge in [-0.2, -0.15) is 0 Å². The molecule has 0 atom stereocenters. The fourth-order valence-electron chi connectivity index (χ4n) is 1.58. The number of nitro benzene ring substituents is 1. The van der Waals surface area contributed by atoms with Gasteiger partial charge in [0.05, 0.1) is 16.7 Å². The Balaban J connectivity index is 2.30. The van der Waals surface area contributed by atoms with Crippen molar-refractivity contribution in [3.05, 3.63) is 46.1 Å². The topological polar surface area (TPSA) is 81.2 Å². The van der Waals surface area contributed by atoms with Crippen molar-refractivity contribution in [1.29, 1.82) is 0 Å². The standard InChI is InChI=1S/C12H12FN3O3/c1-2-14-6-10-7-19-12(15-10)8-3-9(13)5-11(4-8)16(17)18/h3-5,7,14H,2,6H2,1H3. The number of nitrogens with zero attached hydrogens (tertiary/aromatic N) is 2. The molecule has 1 N–H and O–H groups in total. The average molecular weight is 265 g/mol. The molecule has 0 amide bonds. The predicted octanol–water partition coefficient (Wildman–Crippen LogP) is 2.50. The Kier molecular flexibility index (Phi) is 3.86. The number of nitrogens with one attached hydrogen (secondary N) is 1. The smallest absolute Gasteiger partial charge is 0.273 e. The SMILES string of the molecule is CCNCc1coc(-c2cc(F)cc([N+](=O)[O-])c2)n1. The summed E-state index contributed by atoms with van der Waals surface area (Å²) >= 11 is 0. The molecule has 1 aromatic carbocycles. The number of nitro groups is 1. The van der Waals surface area contributed by atoms with Crippen molar-refractivity contribution in [2.75, 3.05) is 6.54 Å². The Morgan fingerprint density at radius 1 is 1.47 bits per heavy atom. The largest absolute Gasteiger partial charge is 0.444 e. The molecule has 0 radical (unpaired) electrons. The maximum absolute atomic E-state index is 13.3. The Morgan fingerprint density at radius 2 is 2.26 bits per heavy atom. The molecule has 1 heterocycles. The zero-order valence-corrected chi connectivity index (χ0v) is 10.2. The van der Waals surface area contributed by atoms with Crippen LogP contribution < -0.4 is 5.32 Å². The Bertz CT molecular complexity index is 598. The molecule has 0 saturated carbocycles. The van der Waals surface area contributed by atoms with E-state index in [-0.39, 0.29) is 17.1 Å². The van der Waals surface area contributed by atoms with Crippen molar-refractivity contribution in [2.24, 2.45) is 0 Å². The van der Waals surface area contributed by atoms with Crippen LogP contribution in [0.2, 0.25) is 0 Å². The lowest BCUT2D eigenvalue weighted by atomic mass is 10.2. The third-order valence-corrected chi connectivity index (χ3v) is 2.45. The van der Waals surface area contributed by atoms with Crippen LogP contribution in [0.25, 0.3) is 11.5 Å². The van der Waals surface area contributed by atoms with Gasteiger partial charge in [-0.3, -0.25) is 10.1 Å². The molecule has 0 aliphatic rings. The number of hydrogen-bond acceptors (Lipinski definition) is 5. The molecular weight excluding hydrogens is 253 g/mol. The first kappa shape index (κ1) is 13.2. The second-order valence-corrected chi connectivity index (χ2v) is 3.88. The number of aromatic nitrogens is 1. The molecule has 1 aromatic heterocycles. The van der Waals surface area contributed by atoms with Crippen LogP contribution in [0.1, 0.15) is 12.6 Å². The van der Waals surface area contributed by atoms with Crippen molar-refractivity contribution in [2.45, 2.75) is 13.5 Å². The Hall–Kier alpha value is -2.28. The number of benzene rings is 1. The highest BCUT2D eigenvalue weighted by atomic mass is 19.1. The first-order valence-electron chi connectivity index (χ1n) is 5.70. The minimum absolute atomic E-state index is 0.163. The molecule has 6 nitrogen and oxygen atoms in total. The monoisotopic (exact) mass is 265 g/mol. The molecule has 0 fully saturated rings. The quantitative estimate of drug-likeness (QED) is 0.663. The average Bonchev–Trinajstić information content (AvgIpc) is 2.84. The van der Waals surface area contributed by atoms with Crippen LogP contribution in [0.5, 0.6) is 0 Å². The first-order valence-corrected chi connectivity index (χ1v) is 5.70. The maximum atomic E-state index is 13.3. The maximum Gasteiger partial charge on any atom is 0.273 e. The summed E-state index contributed by atoms with van der Waals surface area (Å²) in [4.78, 5) is 14.1. The van der Waals surface area contributed by atoms with Crippen LogP contribution in [-0.2, 0) is 6.54 Å². The fraction of sp³-hybridized carbons (Fsp3) is 0.250. The fourth-order valence-corrected chi connectivity index (χ4v) is 1.58. The van der Waals surface area contributed by atoms with E-state index in [1.54, 1.807) is 0 Å². The van der Waals surface area contributed by atoms with E-state index in [1.165, 1.54) is 12.3 Å². The van der Waals surface area contributed by atoms with Gasteiger partial charge in [0, 0.05) is 18.2 Å². The summed E-state index contributed by atoms with van der Waals surface area (Å²) < 4.78 is 18.5. The van der Waals surface area contributed by atoms with Crippen molar-refractivity contribution in [1.82, 2.24) is 10.3 Å².